The number of rotatable bonds is 3. The average molecular weight is 362 g/mol. The molecule has 3 atom stereocenters. The van der Waals surface area contributed by atoms with Crippen molar-refractivity contribution in [1.82, 2.24) is 10.3 Å². The summed E-state index contributed by atoms with van der Waals surface area (Å²) in [4.78, 5) is 2.31. The minimum atomic E-state index is -0.718. The van der Waals surface area contributed by atoms with Gasteiger partial charge in [-0.3, -0.25) is 16.2 Å². The molecule has 0 aromatic heterocycles. The Morgan fingerprint density at radius 1 is 1.43 bits per heavy atom. The Bertz CT molecular complexity index is 531. The summed E-state index contributed by atoms with van der Waals surface area (Å²) < 4.78 is 34.4. The third kappa shape index (κ3) is 2.85. The van der Waals surface area contributed by atoms with Crippen LogP contribution in [0.15, 0.2) is 16.6 Å². The molecule has 0 aliphatic carbocycles. The number of hydrogen-bond acceptors (Lipinski definition) is 4. The molecule has 0 spiro atoms. The van der Waals surface area contributed by atoms with Crippen LogP contribution in [-0.2, 0) is 4.74 Å². The standard InChI is InChI=1S/C14H18BrF2N3O/c15-9-3-4-10(16)12(13(9)17)14(19-18)11-6-20-5-1-2-8(20)7-21-11/h3-4,8,11,14,19H,1-2,5-7,18H2. The van der Waals surface area contributed by atoms with Gasteiger partial charge in [0.2, 0.25) is 0 Å². The van der Waals surface area contributed by atoms with Crippen LogP contribution in [0, 0.1) is 11.6 Å². The van der Waals surface area contributed by atoms with Crippen LogP contribution >= 0.6 is 15.9 Å². The van der Waals surface area contributed by atoms with Gasteiger partial charge < -0.3 is 4.74 Å². The number of halogens is 3. The van der Waals surface area contributed by atoms with E-state index in [9.17, 15) is 8.78 Å². The van der Waals surface area contributed by atoms with Gasteiger partial charge in [-0.15, -0.1) is 0 Å². The molecule has 1 aromatic carbocycles. The van der Waals surface area contributed by atoms with Crippen molar-refractivity contribution in [3.05, 3.63) is 33.8 Å². The maximum absolute atomic E-state index is 14.3. The summed E-state index contributed by atoms with van der Waals surface area (Å²) in [7, 11) is 0. The second-order valence-corrected chi connectivity index (χ2v) is 6.42. The van der Waals surface area contributed by atoms with Gasteiger partial charge in [0, 0.05) is 18.2 Å². The van der Waals surface area contributed by atoms with Crippen molar-refractivity contribution in [3.8, 4) is 0 Å². The van der Waals surface area contributed by atoms with Crippen molar-refractivity contribution in [1.29, 1.82) is 0 Å². The molecule has 2 saturated heterocycles. The summed E-state index contributed by atoms with van der Waals surface area (Å²) in [6, 6.07) is 2.29. The predicted molar refractivity (Wildman–Crippen MR) is 78.5 cm³/mol. The molecule has 2 fully saturated rings. The van der Waals surface area contributed by atoms with E-state index in [2.05, 4.69) is 26.3 Å². The molecular weight excluding hydrogens is 344 g/mol. The van der Waals surface area contributed by atoms with Crippen molar-refractivity contribution in [2.45, 2.75) is 31.0 Å². The first-order valence-corrected chi connectivity index (χ1v) is 7.86. The molecule has 21 heavy (non-hydrogen) atoms. The summed E-state index contributed by atoms with van der Waals surface area (Å²) >= 11 is 3.09. The van der Waals surface area contributed by atoms with Gasteiger partial charge in [0.1, 0.15) is 11.6 Å². The van der Waals surface area contributed by atoms with Gasteiger partial charge in [-0.2, -0.15) is 0 Å². The van der Waals surface area contributed by atoms with Gasteiger partial charge in [0.05, 0.1) is 23.2 Å². The maximum Gasteiger partial charge on any atom is 0.145 e. The van der Waals surface area contributed by atoms with Crippen LogP contribution in [-0.4, -0.2) is 36.7 Å². The molecule has 4 nitrogen and oxygen atoms in total. The van der Waals surface area contributed by atoms with Crippen LogP contribution in [0.3, 0.4) is 0 Å². The number of morpholine rings is 1. The van der Waals surface area contributed by atoms with E-state index in [1.165, 1.54) is 12.1 Å². The van der Waals surface area contributed by atoms with Crippen LogP contribution in [0.2, 0.25) is 0 Å². The van der Waals surface area contributed by atoms with Crippen LogP contribution in [0.5, 0.6) is 0 Å². The number of ether oxygens (including phenoxy) is 1. The normalized spacial score (nSPS) is 27.6. The van der Waals surface area contributed by atoms with Crippen LogP contribution in [0.1, 0.15) is 24.4 Å². The number of hydrogen-bond donors (Lipinski definition) is 2. The van der Waals surface area contributed by atoms with E-state index >= 15 is 0 Å². The fourth-order valence-electron chi connectivity index (χ4n) is 3.25. The third-order valence-corrected chi connectivity index (χ3v) is 4.97. The lowest BCUT2D eigenvalue weighted by Gasteiger charge is -2.38. The second kappa shape index (κ2) is 6.26. The van der Waals surface area contributed by atoms with Crippen LogP contribution < -0.4 is 11.3 Å². The molecule has 2 aliphatic rings. The summed E-state index contributed by atoms with van der Waals surface area (Å²) in [5.74, 6) is 4.31. The zero-order valence-corrected chi connectivity index (χ0v) is 13.1. The zero-order chi connectivity index (χ0) is 15.0. The number of nitrogens with one attached hydrogen (secondary N) is 1. The molecule has 0 bridgehead atoms. The van der Waals surface area contributed by atoms with E-state index in [1.807, 2.05) is 0 Å². The van der Waals surface area contributed by atoms with Crippen molar-refractivity contribution >= 4 is 15.9 Å². The van der Waals surface area contributed by atoms with Gasteiger partial charge >= 0.3 is 0 Å². The van der Waals surface area contributed by atoms with Crippen molar-refractivity contribution < 1.29 is 13.5 Å². The van der Waals surface area contributed by atoms with Crippen LogP contribution in [0.25, 0.3) is 0 Å². The fraction of sp³-hybridized carbons (Fsp3) is 0.571. The SMILES string of the molecule is NNC(c1c(F)ccc(Br)c1F)C1CN2CCCC2CO1. The Balaban J connectivity index is 1.87. The first-order chi connectivity index (χ1) is 10.1. The van der Waals surface area contributed by atoms with E-state index in [4.69, 9.17) is 10.6 Å². The molecule has 2 aliphatic heterocycles. The first kappa shape index (κ1) is 15.3. The summed E-state index contributed by atoms with van der Waals surface area (Å²) in [5, 5.41) is 0. The topological polar surface area (TPSA) is 50.5 Å². The van der Waals surface area contributed by atoms with E-state index in [0.717, 1.165) is 19.4 Å². The van der Waals surface area contributed by atoms with Gasteiger partial charge in [0.15, 0.2) is 0 Å². The first-order valence-electron chi connectivity index (χ1n) is 7.07. The number of hydrazine groups is 1. The van der Waals surface area contributed by atoms with E-state index in [0.29, 0.717) is 19.2 Å². The Morgan fingerprint density at radius 2 is 2.24 bits per heavy atom. The molecule has 0 amide bonds. The molecule has 3 unspecified atom stereocenters. The smallest absolute Gasteiger partial charge is 0.145 e. The molecular formula is C14H18BrF2N3O. The lowest BCUT2D eigenvalue weighted by atomic mass is 9.98. The zero-order valence-electron chi connectivity index (χ0n) is 11.5. The highest BCUT2D eigenvalue weighted by Crippen LogP contribution is 2.32. The number of nitrogens with two attached hydrogens (primary N) is 1. The van der Waals surface area contributed by atoms with E-state index in [1.54, 1.807) is 0 Å². The Labute approximate surface area is 130 Å². The predicted octanol–water partition coefficient (Wildman–Crippen LogP) is 2.09. The number of fused-ring (bicyclic) bond motifs is 1. The number of nitrogens with zero attached hydrogens (tertiary/aromatic N) is 1. The van der Waals surface area contributed by atoms with Gasteiger partial charge in [-0.1, -0.05) is 0 Å². The fourth-order valence-corrected chi connectivity index (χ4v) is 3.59. The molecule has 1 aromatic rings. The molecule has 3 N–H and O–H groups in total. The molecule has 0 saturated carbocycles. The molecule has 2 heterocycles. The van der Waals surface area contributed by atoms with Crippen molar-refractivity contribution in [2.75, 3.05) is 19.7 Å². The molecule has 7 heteroatoms. The van der Waals surface area contributed by atoms with Crippen LogP contribution in [0.4, 0.5) is 8.78 Å². The minimum Gasteiger partial charge on any atom is -0.373 e. The third-order valence-electron chi connectivity index (χ3n) is 4.36. The monoisotopic (exact) mass is 361 g/mol. The van der Waals surface area contributed by atoms with E-state index < -0.39 is 17.7 Å². The molecule has 116 valence electrons. The lowest BCUT2D eigenvalue weighted by molar-refractivity contribution is -0.0662. The highest BCUT2D eigenvalue weighted by atomic mass is 79.9. The maximum atomic E-state index is 14.3. The second-order valence-electron chi connectivity index (χ2n) is 5.56. The molecule has 0 radical (unpaired) electrons. The Kier molecular flexibility index (Phi) is 4.56. The van der Waals surface area contributed by atoms with Crippen molar-refractivity contribution in [2.24, 2.45) is 5.84 Å². The van der Waals surface area contributed by atoms with Gasteiger partial charge in [0.25, 0.3) is 0 Å². The Hall–Kier alpha value is -0.600. The minimum absolute atomic E-state index is 0.0745. The summed E-state index contributed by atoms with van der Waals surface area (Å²) in [6.07, 6.45) is 1.89. The van der Waals surface area contributed by atoms with E-state index in [-0.39, 0.29) is 16.1 Å². The summed E-state index contributed by atoms with van der Waals surface area (Å²) in [5.41, 5.74) is 2.45. The number of benzene rings is 1. The highest BCUT2D eigenvalue weighted by Gasteiger charge is 2.38. The summed E-state index contributed by atoms with van der Waals surface area (Å²) in [6.45, 7) is 2.22. The molecule has 3 rings (SSSR count). The quantitative estimate of drug-likeness (QED) is 0.491. The lowest BCUT2D eigenvalue weighted by Crippen LogP contribution is -2.52. The highest BCUT2D eigenvalue weighted by molar-refractivity contribution is 9.10. The van der Waals surface area contributed by atoms with Crippen molar-refractivity contribution in [3.63, 3.8) is 0 Å². The van der Waals surface area contributed by atoms with Gasteiger partial charge in [-0.05, 0) is 47.4 Å². The Morgan fingerprint density at radius 3 is 3.00 bits per heavy atom. The largest absolute Gasteiger partial charge is 0.373 e. The average Bonchev–Trinajstić information content (AvgIpc) is 2.95. The van der Waals surface area contributed by atoms with Gasteiger partial charge in [-0.25, -0.2) is 8.78 Å².